The molecule has 1 N–H and O–H groups in total. The molecule has 4 nitrogen and oxygen atoms in total. The molecule has 1 heterocycles. The van der Waals surface area contributed by atoms with Crippen molar-refractivity contribution in [2.24, 2.45) is 0 Å². The van der Waals surface area contributed by atoms with Gasteiger partial charge in [-0.05, 0) is 23.6 Å². The van der Waals surface area contributed by atoms with Crippen molar-refractivity contribution in [3.8, 4) is 0 Å². The van der Waals surface area contributed by atoms with Gasteiger partial charge in [0, 0.05) is 13.1 Å². The topological polar surface area (TPSA) is 57.6 Å². The predicted octanol–water partition coefficient (Wildman–Crippen LogP) is 2.56. The molecule has 0 saturated carbocycles. The van der Waals surface area contributed by atoms with E-state index < -0.39 is 18.1 Å². The van der Waals surface area contributed by atoms with Crippen LogP contribution < -0.4 is 0 Å². The molecule has 0 spiro atoms. The average Bonchev–Trinajstić information content (AvgIpc) is 2.45. The van der Waals surface area contributed by atoms with Crippen molar-refractivity contribution in [3.05, 3.63) is 41.5 Å². The van der Waals surface area contributed by atoms with E-state index in [-0.39, 0.29) is 25.1 Å². The molecular formula is C14H12F3NO3. The van der Waals surface area contributed by atoms with Crippen LogP contribution in [0.4, 0.5) is 13.2 Å². The predicted molar refractivity (Wildman–Crippen MR) is 68.6 cm³/mol. The summed E-state index contributed by atoms with van der Waals surface area (Å²) in [5.41, 5.74) is 1.21. The number of carbonyl (C=O) groups is 2. The summed E-state index contributed by atoms with van der Waals surface area (Å²) in [6, 6.07) is 6.29. The first kappa shape index (κ1) is 15.1. The highest BCUT2D eigenvalue weighted by atomic mass is 19.4. The molecule has 1 amide bonds. The Balaban J connectivity index is 2.21. The fourth-order valence-electron chi connectivity index (χ4n) is 2.23. The number of halogens is 3. The number of hydrogen-bond donors (Lipinski definition) is 1. The molecule has 0 bridgehead atoms. The highest BCUT2D eigenvalue weighted by Crippen LogP contribution is 2.27. The lowest BCUT2D eigenvalue weighted by Gasteiger charge is -2.27. The van der Waals surface area contributed by atoms with E-state index in [1.165, 1.54) is 12.1 Å². The number of alkyl halides is 3. The molecule has 0 atom stereocenters. The Hall–Kier alpha value is -2.31. The largest absolute Gasteiger partial charge is 0.478 e. The van der Waals surface area contributed by atoms with Crippen molar-refractivity contribution in [2.75, 3.05) is 13.1 Å². The summed E-state index contributed by atoms with van der Waals surface area (Å²) < 4.78 is 37.0. The van der Waals surface area contributed by atoms with Gasteiger partial charge < -0.3 is 10.0 Å². The minimum absolute atomic E-state index is 0.0852. The highest BCUT2D eigenvalue weighted by molar-refractivity contribution is 5.94. The van der Waals surface area contributed by atoms with Crippen molar-refractivity contribution >= 4 is 17.4 Å². The molecule has 0 unspecified atom stereocenters. The van der Waals surface area contributed by atoms with Crippen molar-refractivity contribution in [3.63, 3.8) is 0 Å². The maximum atomic E-state index is 12.3. The zero-order valence-corrected chi connectivity index (χ0v) is 10.9. The SMILES string of the molecule is O=C(O)c1ccccc1C1=CCN(C(=O)C(F)(F)F)CC1. The van der Waals surface area contributed by atoms with Crippen LogP contribution in [0.25, 0.3) is 5.57 Å². The number of carboxylic acids is 1. The maximum Gasteiger partial charge on any atom is 0.471 e. The average molecular weight is 299 g/mol. The minimum Gasteiger partial charge on any atom is -0.478 e. The molecule has 1 aromatic carbocycles. The summed E-state index contributed by atoms with van der Waals surface area (Å²) in [5.74, 6) is -2.97. The molecule has 21 heavy (non-hydrogen) atoms. The van der Waals surface area contributed by atoms with E-state index in [9.17, 15) is 22.8 Å². The van der Waals surface area contributed by atoms with Gasteiger partial charge in [0.1, 0.15) is 0 Å². The number of aromatic carboxylic acids is 1. The standard InChI is InChI=1S/C14H12F3NO3/c15-14(16,17)13(21)18-7-5-9(6-8-18)10-3-1-2-4-11(10)12(19)20/h1-5H,6-8H2,(H,19,20). The normalized spacial score (nSPS) is 15.6. The Kier molecular flexibility index (Phi) is 4.02. The van der Waals surface area contributed by atoms with Crippen LogP contribution in [-0.2, 0) is 4.79 Å². The lowest BCUT2D eigenvalue weighted by molar-refractivity contribution is -0.185. The molecular weight excluding hydrogens is 287 g/mol. The number of carboxylic acid groups (broad SMARTS) is 1. The summed E-state index contributed by atoms with van der Waals surface area (Å²) in [4.78, 5) is 22.9. The smallest absolute Gasteiger partial charge is 0.471 e. The molecule has 1 aliphatic heterocycles. The molecule has 0 radical (unpaired) electrons. The Labute approximate surface area is 118 Å². The van der Waals surface area contributed by atoms with E-state index in [4.69, 9.17) is 5.11 Å². The zero-order chi connectivity index (χ0) is 15.6. The van der Waals surface area contributed by atoms with Crippen molar-refractivity contribution < 1.29 is 27.9 Å². The van der Waals surface area contributed by atoms with Gasteiger partial charge in [0.05, 0.1) is 5.56 Å². The Bertz CT molecular complexity index is 608. The van der Waals surface area contributed by atoms with Crippen LogP contribution in [-0.4, -0.2) is 41.1 Å². The van der Waals surface area contributed by atoms with Crippen LogP contribution in [0.3, 0.4) is 0 Å². The van der Waals surface area contributed by atoms with Crippen molar-refractivity contribution in [1.29, 1.82) is 0 Å². The van der Waals surface area contributed by atoms with E-state index in [1.54, 1.807) is 18.2 Å². The van der Waals surface area contributed by atoms with Gasteiger partial charge in [0.15, 0.2) is 0 Å². The van der Waals surface area contributed by atoms with Gasteiger partial charge in [-0.1, -0.05) is 24.3 Å². The van der Waals surface area contributed by atoms with Gasteiger partial charge >= 0.3 is 18.1 Å². The van der Waals surface area contributed by atoms with Crippen LogP contribution in [0.2, 0.25) is 0 Å². The van der Waals surface area contributed by atoms with Gasteiger partial charge in [0.2, 0.25) is 0 Å². The third-order valence-electron chi connectivity index (χ3n) is 3.24. The number of hydrogen-bond acceptors (Lipinski definition) is 2. The summed E-state index contributed by atoms with van der Waals surface area (Å²) in [7, 11) is 0. The second kappa shape index (κ2) is 5.59. The molecule has 0 aliphatic carbocycles. The lowest BCUT2D eigenvalue weighted by atomic mass is 9.95. The summed E-state index contributed by atoms with van der Waals surface area (Å²) in [6.07, 6.45) is -3.23. The van der Waals surface area contributed by atoms with Crippen molar-refractivity contribution in [2.45, 2.75) is 12.6 Å². The molecule has 7 heteroatoms. The maximum absolute atomic E-state index is 12.3. The lowest BCUT2D eigenvalue weighted by Crippen LogP contribution is -2.43. The van der Waals surface area contributed by atoms with E-state index in [1.807, 2.05) is 0 Å². The molecule has 0 saturated heterocycles. The first-order chi connectivity index (χ1) is 9.80. The minimum atomic E-state index is -4.88. The molecule has 1 aliphatic rings. The Morgan fingerprint density at radius 3 is 2.38 bits per heavy atom. The molecule has 0 aromatic heterocycles. The third-order valence-corrected chi connectivity index (χ3v) is 3.24. The van der Waals surface area contributed by atoms with Crippen molar-refractivity contribution in [1.82, 2.24) is 4.90 Å². The number of carbonyl (C=O) groups excluding carboxylic acids is 1. The number of benzene rings is 1. The van der Waals surface area contributed by atoms with E-state index in [2.05, 4.69) is 0 Å². The third kappa shape index (κ3) is 3.24. The van der Waals surface area contributed by atoms with E-state index in [0.717, 1.165) is 0 Å². The number of rotatable bonds is 2. The van der Waals surface area contributed by atoms with Gasteiger partial charge in [-0.3, -0.25) is 4.79 Å². The van der Waals surface area contributed by atoms with E-state index in [0.29, 0.717) is 16.0 Å². The van der Waals surface area contributed by atoms with Crippen LogP contribution in [0.15, 0.2) is 30.3 Å². The first-order valence-electron chi connectivity index (χ1n) is 6.18. The van der Waals surface area contributed by atoms with Crippen LogP contribution in [0, 0.1) is 0 Å². The first-order valence-corrected chi connectivity index (χ1v) is 6.18. The van der Waals surface area contributed by atoms with Gasteiger partial charge in [0.25, 0.3) is 0 Å². The Morgan fingerprint density at radius 1 is 1.19 bits per heavy atom. The molecule has 2 rings (SSSR count). The van der Waals surface area contributed by atoms with Gasteiger partial charge in [-0.25, -0.2) is 4.79 Å². The second-order valence-corrected chi connectivity index (χ2v) is 4.58. The molecule has 112 valence electrons. The second-order valence-electron chi connectivity index (χ2n) is 4.58. The quantitative estimate of drug-likeness (QED) is 0.913. The highest BCUT2D eigenvalue weighted by Gasteiger charge is 2.42. The summed E-state index contributed by atoms with van der Waals surface area (Å²) in [5, 5.41) is 9.10. The number of nitrogens with zero attached hydrogens (tertiary/aromatic N) is 1. The monoisotopic (exact) mass is 299 g/mol. The molecule has 1 aromatic rings. The van der Waals surface area contributed by atoms with Crippen LogP contribution in [0.5, 0.6) is 0 Å². The zero-order valence-electron chi connectivity index (χ0n) is 10.9. The Morgan fingerprint density at radius 2 is 1.86 bits per heavy atom. The number of amides is 1. The fourth-order valence-corrected chi connectivity index (χ4v) is 2.23. The summed E-state index contributed by atoms with van der Waals surface area (Å²) >= 11 is 0. The summed E-state index contributed by atoms with van der Waals surface area (Å²) in [6.45, 7) is -0.264. The van der Waals surface area contributed by atoms with Crippen LogP contribution in [0.1, 0.15) is 22.3 Å². The fraction of sp³-hybridized carbons (Fsp3) is 0.286. The van der Waals surface area contributed by atoms with Crippen LogP contribution >= 0.6 is 0 Å². The van der Waals surface area contributed by atoms with Gasteiger partial charge in [-0.15, -0.1) is 0 Å². The van der Waals surface area contributed by atoms with Gasteiger partial charge in [-0.2, -0.15) is 13.2 Å². The van der Waals surface area contributed by atoms with E-state index >= 15 is 0 Å². The molecule has 0 fully saturated rings.